The van der Waals surface area contributed by atoms with Gasteiger partial charge < -0.3 is 9.32 Å². The van der Waals surface area contributed by atoms with Crippen LogP contribution in [0.1, 0.15) is 23.3 Å². The molecule has 0 saturated carbocycles. The number of hydrogen-bond acceptors (Lipinski definition) is 4. The fourth-order valence-corrected chi connectivity index (χ4v) is 3.34. The van der Waals surface area contributed by atoms with Gasteiger partial charge >= 0.3 is 0 Å². The Hall–Kier alpha value is -2.22. The highest BCUT2D eigenvalue weighted by atomic mass is 19.3. The number of fused-ring (bicyclic) bond motifs is 1. The van der Waals surface area contributed by atoms with E-state index < -0.39 is 25.1 Å². The summed E-state index contributed by atoms with van der Waals surface area (Å²) in [6.45, 7) is 2.51. The van der Waals surface area contributed by atoms with Gasteiger partial charge in [0.25, 0.3) is 5.92 Å². The lowest BCUT2D eigenvalue weighted by atomic mass is 10.1. The largest absolute Gasteiger partial charge is 0.465 e. The summed E-state index contributed by atoms with van der Waals surface area (Å²) < 4.78 is 33.4. The van der Waals surface area contributed by atoms with Gasteiger partial charge in [0.05, 0.1) is 25.3 Å². The predicted molar refractivity (Wildman–Crippen MR) is 80.4 cm³/mol. The molecule has 0 aliphatic carbocycles. The van der Waals surface area contributed by atoms with Crippen LogP contribution in [0.2, 0.25) is 0 Å². The molecule has 0 aromatic carbocycles. The highest BCUT2D eigenvalue weighted by Crippen LogP contribution is 2.31. The molecule has 8 heteroatoms. The number of likely N-dealkylation sites (tertiary alicyclic amines) is 1. The molecule has 0 radical (unpaired) electrons. The van der Waals surface area contributed by atoms with Gasteiger partial charge in [0.15, 0.2) is 0 Å². The predicted octanol–water partition coefficient (Wildman–Crippen LogP) is 1.82. The molecular formula is C16H18F2N4O2. The van der Waals surface area contributed by atoms with Gasteiger partial charge in [0.2, 0.25) is 5.91 Å². The second kappa shape index (κ2) is 5.41. The van der Waals surface area contributed by atoms with Crippen molar-refractivity contribution >= 4 is 5.91 Å². The molecule has 4 heterocycles. The molecule has 1 amide bonds. The number of furan rings is 1. The number of aryl methyl sites for hydroxylation is 1. The number of alkyl halides is 2. The number of halogens is 2. The average Bonchev–Trinajstić information content (AvgIpc) is 3.12. The van der Waals surface area contributed by atoms with Gasteiger partial charge in [-0.3, -0.25) is 14.4 Å². The molecule has 0 bridgehead atoms. The zero-order chi connectivity index (χ0) is 16.9. The second-order valence-electron chi connectivity index (χ2n) is 6.52. The van der Waals surface area contributed by atoms with Crippen molar-refractivity contribution in [3.8, 4) is 0 Å². The fourth-order valence-electron chi connectivity index (χ4n) is 3.34. The average molecular weight is 336 g/mol. The van der Waals surface area contributed by atoms with Gasteiger partial charge in [-0.1, -0.05) is 0 Å². The number of carbonyl (C=O) groups is 1. The lowest BCUT2D eigenvalue weighted by Gasteiger charge is -2.42. The van der Waals surface area contributed by atoms with Crippen LogP contribution in [0.5, 0.6) is 0 Å². The van der Waals surface area contributed by atoms with Crippen LogP contribution < -0.4 is 0 Å². The number of carbonyl (C=O) groups excluding carboxylic acids is 1. The number of amides is 1. The van der Waals surface area contributed by atoms with Crippen molar-refractivity contribution < 1.29 is 18.0 Å². The van der Waals surface area contributed by atoms with E-state index in [2.05, 4.69) is 10.00 Å². The zero-order valence-electron chi connectivity index (χ0n) is 13.3. The Labute approximate surface area is 137 Å². The van der Waals surface area contributed by atoms with Crippen LogP contribution >= 0.6 is 0 Å². The van der Waals surface area contributed by atoms with E-state index in [1.807, 2.05) is 25.1 Å². The molecule has 128 valence electrons. The smallest absolute Gasteiger partial charge is 0.282 e. The Bertz CT molecular complexity index is 762. The standard InChI is InChI=1S/C16H18F2N4O2/c1-11-2-3-13(24-11)7-20-6-12-4-5-19-22(12)14(8-20)15(23)21-9-16(17,18)10-21/h2-5,14H,6-10H2,1H3/t14-/m1/s1. The molecule has 0 N–H and O–H groups in total. The van der Waals surface area contributed by atoms with Crippen molar-refractivity contribution in [2.75, 3.05) is 19.6 Å². The van der Waals surface area contributed by atoms with Gasteiger partial charge in [0, 0.05) is 19.3 Å². The van der Waals surface area contributed by atoms with Crippen LogP contribution in [-0.4, -0.2) is 51.0 Å². The van der Waals surface area contributed by atoms with Gasteiger partial charge in [-0.2, -0.15) is 5.10 Å². The van der Waals surface area contributed by atoms with E-state index in [-0.39, 0.29) is 5.91 Å². The first-order valence-corrected chi connectivity index (χ1v) is 7.88. The second-order valence-corrected chi connectivity index (χ2v) is 6.52. The Balaban J connectivity index is 1.52. The third-order valence-electron chi connectivity index (χ3n) is 4.48. The highest BCUT2D eigenvalue weighted by Gasteiger charge is 2.48. The van der Waals surface area contributed by atoms with Crippen LogP contribution in [-0.2, 0) is 17.9 Å². The molecule has 0 spiro atoms. The molecule has 2 aliphatic rings. The molecule has 4 rings (SSSR count). The van der Waals surface area contributed by atoms with E-state index in [4.69, 9.17) is 4.42 Å². The minimum atomic E-state index is -2.76. The normalized spacial score (nSPS) is 23.0. The minimum Gasteiger partial charge on any atom is -0.465 e. The fraction of sp³-hybridized carbons (Fsp3) is 0.500. The van der Waals surface area contributed by atoms with Crippen LogP contribution in [0.4, 0.5) is 8.78 Å². The Morgan fingerprint density at radius 3 is 2.83 bits per heavy atom. The van der Waals surface area contributed by atoms with Crippen molar-refractivity contribution in [3.05, 3.63) is 41.6 Å². The molecule has 0 unspecified atom stereocenters. The number of rotatable bonds is 3. The monoisotopic (exact) mass is 336 g/mol. The van der Waals surface area contributed by atoms with Gasteiger partial charge in [-0.05, 0) is 25.1 Å². The zero-order valence-corrected chi connectivity index (χ0v) is 13.3. The topological polar surface area (TPSA) is 54.5 Å². The highest BCUT2D eigenvalue weighted by molar-refractivity contribution is 5.82. The number of hydrogen-bond donors (Lipinski definition) is 0. The quantitative estimate of drug-likeness (QED) is 0.858. The first kappa shape index (κ1) is 15.3. The van der Waals surface area contributed by atoms with Crippen LogP contribution in [0.25, 0.3) is 0 Å². The Morgan fingerprint density at radius 2 is 2.17 bits per heavy atom. The van der Waals surface area contributed by atoms with E-state index in [1.54, 1.807) is 10.9 Å². The van der Waals surface area contributed by atoms with Crippen molar-refractivity contribution in [2.24, 2.45) is 0 Å². The molecule has 1 fully saturated rings. The lowest BCUT2D eigenvalue weighted by molar-refractivity contribution is -0.170. The summed E-state index contributed by atoms with van der Waals surface area (Å²) in [5.74, 6) is -1.40. The van der Waals surface area contributed by atoms with E-state index in [0.717, 1.165) is 17.2 Å². The van der Waals surface area contributed by atoms with E-state index in [0.29, 0.717) is 19.6 Å². The van der Waals surface area contributed by atoms with Crippen molar-refractivity contribution in [1.29, 1.82) is 0 Å². The van der Waals surface area contributed by atoms with E-state index in [9.17, 15) is 13.6 Å². The summed E-state index contributed by atoms with van der Waals surface area (Å²) in [4.78, 5) is 15.9. The van der Waals surface area contributed by atoms with E-state index >= 15 is 0 Å². The summed E-state index contributed by atoms with van der Waals surface area (Å²) >= 11 is 0. The van der Waals surface area contributed by atoms with Gasteiger partial charge in [-0.15, -0.1) is 0 Å². The molecule has 2 aromatic rings. The maximum absolute atomic E-state index is 13.1. The lowest BCUT2D eigenvalue weighted by Crippen LogP contribution is -2.61. The first-order chi connectivity index (χ1) is 11.4. The van der Waals surface area contributed by atoms with Crippen molar-refractivity contribution in [3.63, 3.8) is 0 Å². The third kappa shape index (κ3) is 2.71. The number of nitrogens with zero attached hydrogens (tertiary/aromatic N) is 4. The Morgan fingerprint density at radius 1 is 1.38 bits per heavy atom. The minimum absolute atomic E-state index is 0.300. The van der Waals surface area contributed by atoms with Crippen molar-refractivity contribution in [1.82, 2.24) is 19.6 Å². The SMILES string of the molecule is Cc1ccc(CN2Cc3ccnn3[C@@H](C(=O)N3CC(F)(F)C3)C2)o1. The molecule has 1 atom stereocenters. The van der Waals surface area contributed by atoms with Crippen molar-refractivity contribution in [2.45, 2.75) is 32.0 Å². The van der Waals surface area contributed by atoms with Gasteiger partial charge in [-0.25, -0.2) is 8.78 Å². The third-order valence-corrected chi connectivity index (χ3v) is 4.48. The Kier molecular flexibility index (Phi) is 3.45. The summed E-state index contributed by atoms with van der Waals surface area (Å²) in [5.41, 5.74) is 0.898. The van der Waals surface area contributed by atoms with E-state index in [1.165, 1.54) is 4.90 Å². The summed E-state index contributed by atoms with van der Waals surface area (Å²) in [6, 6.07) is 5.09. The molecule has 24 heavy (non-hydrogen) atoms. The molecule has 6 nitrogen and oxygen atoms in total. The summed E-state index contributed by atoms with van der Waals surface area (Å²) in [6.07, 6.45) is 1.64. The van der Waals surface area contributed by atoms with Crippen LogP contribution in [0, 0.1) is 6.92 Å². The molecular weight excluding hydrogens is 318 g/mol. The summed E-state index contributed by atoms with van der Waals surface area (Å²) in [5, 5.41) is 4.21. The van der Waals surface area contributed by atoms with Crippen LogP contribution in [0.3, 0.4) is 0 Å². The maximum atomic E-state index is 13.1. The maximum Gasteiger partial charge on any atom is 0.282 e. The molecule has 2 aromatic heterocycles. The number of aromatic nitrogens is 2. The summed E-state index contributed by atoms with van der Waals surface area (Å²) in [7, 11) is 0. The first-order valence-electron chi connectivity index (χ1n) is 7.88. The molecule has 2 aliphatic heterocycles. The van der Waals surface area contributed by atoms with Gasteiger partial charge in [0.1, 0.15) is 17.6 Å². The molecule has 1 saturated heterocycles. The van der Waals surface area contributed by atoms with Crippen LogP contribution in [0.15, 0.2) is 28.8 Å².